The van der Waals surface area contributed by atoms with E-state index in [1.54, 1.807) is 23.9 Å². The van der Waals surface area contributed by atoms with Crippen molar-refractivity contribution < 1.29 is 13.5 Å². The molecule has 1 aromatic rings. The van der Waals surface area contributed by atoms with Crippen LogP contribution in [-0.4, -0.2) is 31.9 Å². The predicted octanol–water partition coefficient (Wildman–Crippen LogP) is 1.85. The molecule has 0 saturated heterocycles. The van der Waals surface area contributed by atoms with Gasteiger partial charge in [-0.15, -0.1) is 11.8 Å². The molecular formula is C13H19NO3S2. The molecule has 1 aliphatic carbocycles. The van der Waals surface area contributed by atoms with Crippen molar-refractivity contribution >= 4 is 21.8 Å². The first kappa shape index (κ1) is 14.8. The summed E-state index contributed by atoms with van der Waals surface area (Å²) in [6.45, 7) is 2.15. The van der Waals surface area contributed by atoms with Crippen molar-refractivity contribution in [3.8, 4) is 0 Å². The fraction of sp³-hybridized carbons (Fsp3) is 0.538. The van der Waals surface area contributed by atoms with Crippen LogP contribution in [0.2, 0.25) is 0 Å². The molecule has 106 valence electrons. The molecule has 2 N–H and O–H groups in total. The summed E-state index contributed by atoms with van der Waals surface area (Å²) in [6.07, 6.45) is 1.87. The molecule has 4 nitrogen and oxygen atoms in total. The summed E-state index contributed by atoms with van der Waals surface area (Å²) in [5, 5.41) is 8.95. The van der Waals surface area contributed by atoms with E-state index >= 15 is 0 Å². The minimum atomic E-state index is -3.35. The summed E-state index contributed by atoms with van der Waals surface area (Å²) in [4.78, 5) is 1.34. The van der Waals surface area contributed by atoms with Crippen molar-refractivity contribution in [2.75, 3.05) is 12.4 Å². The highest BCUT2D eigenvalue weighted by atomic mass is 32.2. The van der Waals surface area contributed by atoms with Crippen LogP contribution in [0, 0.1) is 5.92 Å². The van der Waals surface area contributed by atoms with Gasteiger partial charge in [0.05, 0.1) is 4.90 Å². The first-order valence-electron chi connectivity index (χ1n) is 6.37. The quantitative estimate of drug-likeness (QED) is 0.754. The molecule has 0 radical (unpaired) electrons. The Morgan fingerprint density at radius 2 is 2.00 bits per heavy atom. The third-order valence-corrected chi connectivity index (χ3v) is 5.76. The molecule has 1 aromatic carbocycles. The number of rotatable bonds is 7. The smallest absolute Gasteiger partial charge is 0.240 e. The molecule has 0 heterocycles. The second kappa shape index (κ2) is 6.26. The van der Waals surface area contributed by atoms with Crippen molar-refractivity contribution in [1.82, 2.24) is 4.72 Å². The average molecular weight is 301 g/mol. The molecule has 0 aromatic heterocycles. The van der Waals surface area contributed by atoms with Gasteiger partial charge in [0.2, 0.25) is 10.0 Å². The number of hydrogen-bond donors (Lipinski definition) is 2. The van der Waals surface area contributed by atoms with Crippen molar-refractivity contribution in [2.24, 2.45) is 5.92 Å². The Balaban J connectivity index is 1.97. The lowest BCUT2D eigenvalue weighted by Crippen LogP contribution is -2.25. The van der Waals surface area contributed by atoms with Crippen LogP contribution in [-0.2, 0) is 10.0 Å². The summed E-state index contributed by atoms with van der Waals surface area (Å²) in [7, 11) is -3.35. The van der Waals surface area contributed by atoms with E-state index in [1.165, 1.54) is 0 Å². The molecule has 1 atom stereocenters. The van der Waals surface area contributed by atoms with Gasteiger partial charge >= 0.3 is 0 Å². The fourth-order valence-corrected chi connectivity index (χ4v) is 3.71. The molecule has 0 bridgehead atoms. The number of aliphatic hydroxyl groups is 1. The van der Waals surface area contributed by atoms with Gasteiger partial charge < -0.3 is 5.11 Å². The third kappa shape index (κ3) is 4.49. The van der Waals surface area contributed by atoms with Crippen LogP contribution in [0.3, 0.4) is 0 Å². The lowest BCUT2D eigenvalue weighted by Gasteiger charge is -2.08. The Hall–Kier alpha value is -0.560. The van der Waals surface area contributed by atoms with Gasteiger partial charge in [0, 0.05) is 23.3 Å². The minimum absolute atomic E-state index is 0.129. The standard InChI is InChI=1S/C13H19NO3S2/c1-10(8-15)9-18-12-4-6-13(7-5-12)19(16,17)14-11-2-3-11/h4-7,10-11,14-15H,2-3,8-9H2,1H3. The van der Waals surface area contributed by atoms with Crippen LogP contribution in [0.5, 0.6) is 0 Å². The number of benzene rings is 1. The first-order chi connectivity index (χ1) is 9.01. The summed E-state index contributed by atoms with van der Waals surface area (Å²) < 4.78 is 26.6. The Morgan fingerprint density at radius 1 is 1.37 bits per heavy atom. The Bertz CT molecular complexity index is 509. The van der Waals surface area contributed by atoms with Gasteiger partial charge in [-0.3, -0.25) is 0 Å². The molecule has 19 heavy (non-hydrogen) atoms. The highest BCUT2D eigenvalue weighted by Crippen LogP contribution is 2.25. The second-order valence-electron chi connectivity index (χ2n) is 4.97. The zero-order valence-corrected chi connectivity index (χ0v) is 12.5. The number of hydrogen-bond acceptors (Lipinski definition) is 4. The Labute approximate surface area is 118 Å². The van der Waals surface area contributed by atoms with Crippen LogP contribution in [0.4, 0.5) is 0 Å². The van der Waals surface area contributed by atoms with E-state index in [0.29, 0.717) is 4.90 Å². The lowest BCUT2D eigenvalue weighted by molar-refractivity contribution is 0.250. The predicted molar refractivity (Wildman–Crippen MR) is 76.8 cm³/mol. The van der Waals surface area contributed by atoms with Gasteiger partial charge in [0.25, 0.3) is 0 Å². The second-order valence-corrected chi connectivity index (χ2v) is 7.77. The summed E-state index contributed by atoms with van der Waals surface area (Å²) in [5.74, 6) is 1.06. The van der Waals surface area contributed by atoms with Gasteiger partial charge in [-0.05, 0) is 43.0 Å². The van der Waals surface area contributed by atoms with Crippen LogP contribution in [0.15, 0.2) is 34.1 Å². The fourth-order valence-electron chi connectivity index (χ4n) is 1.49. The average Bonchev–Trinajstić information content (AvgIpc) is 3.19. The summed E-state index contributed by atoms with van der Waals surface area (Å²) in [5.41, 5.74) is 0. The number of sulfonamides is 1. The van der Waals surface area contributed by atoms with E-state index < -0.39 is 10.0 Å². The van der Waals surface area contributed by atoms with Gasteiger partial charge in [-0.2, -0.15) is 0 Å². The Morgan fingerprint density at radius 3 is 2.53 bits per heavy atom. The van der Waals surface area contributed by atoms with Gasteiger partial charge in [-0.1, -0.05) is 6.92 Å². The van der Waals surface area contributed by atoms with Crippen molar-refractivity contribution in [3.05, 3.63) is 24.3 Å². The Kier molecular flexibility index (Phi) is 4.89. The first-order valence-corrected chi connectivity index (χ1v) is 8.84. The van der Waals surface area contributed by atoms with Crippen molar-refractivity contribution in [2.45, 2.75) is 35.6 Å². The summed E-state index contributed by atoms with van der Waals surface area (Å²) in [6, 6.07) is 7.03. The zero-order chi connectivity index (χ0) is 13.9. The van der Waals surface area contributed by atoms with Gasteiger partial charge in [0.1, 0.15) is 0 Å². The molecule has 1 aliphatic rings. The summed E-state index contributed by atoms with van der Waals surface area (Å²) >= 11 is 1.62. The number of aliphatic hydroxyl groups excluding tert-OH is 1. The normalized spacial score (nSPS) is 17.4. The lowest BCUT2D eigenvalue weighted by atomic mass is 10.2. The molecule has 2 rings (SSSR count). The zero-order valence-electron chi connectivity index (χ0n) is 10.9. The molecule has 1 saturated carbocycles. The highest BCUT2D eigenvalue weighted by molar-refractivity contribution is 7.99. The maximum atomic E-state index is 12.0. The van der Waals surface area contributed by atoms with Crippen molar-refractivity contribution in [1.29, 1.82) is 0 Å². The van der Waals surface area contributed by atoms with Crippen LogP contribution in [0.25, 0.3) is 0 Å². The monoisotopic (exact) mass is 301 g/mol. The van der Waals surface area contributed by atoms with Crippen LogP contribution < -0.4 is 4.72 Å². The minimum Gasteiger partial charge on any atom is -0.396 e. The molecule has 6 heteroatoms. The van der Waals surface area contributed by atoms with E-state index in [0.717, 1.165) is 23.5 Å². The molecular weight excluding hydrogens is 282 g/mol. The van der Waals surface area contributed by atoms with E-state index in [1.807, 2.05) is 19.1 Å². The third-order valence-electron chi connectivity index (χ3n) is 2.88. The topological polar surface area (TPSA) is 66.4 Å². The SMILES string of the molecule is CC(CO)CSc1ccc(S(=O)(=O)NC2CC2)cc1. The van der Waals surface area contributed by atoms with Crippen LogP contribution >= 0.6 is 11.8 Å². The highest BCUT2D eigenvalue weighted by Gasteiger charge is 2.27. The molecule has 0 spiro atoms. The molecule has 0 aliphatic heterocycles. The molecule has 0 amide bonds. The maximum absolute atomic E-state index is 12.0. The number of nitrogens with one attached hydrogen (secondary N) is 1. The van der Waals surface area contributed by atoms with Gasteiger partial charge in [-0.25, -0.2) is 13.1 Å². The van der Waals surface area contributed by atoms with Crippen molar-refractivity contribution in [3.63, 3.8) is 0 Å². The van der Waals surface area contributed by atoms with E-state index in [4.69, 9.17) is 5.11 Å². The molecule has 1 unspecified atom stereocenters. The van der Waals surface area contributed by atoms with E-state index in [2.05, 4.69) is 4.72 Å². The molecule has 1 fully saturated rings. The van der Waals surface area contributed by atoms with Gasteiger partial charge in [0.15, 0.2) is 0 Å². The van der Waals surface area contributed by atoms with Crippen LogP contribution in [0.1, 0.15) is 19.8 Å². The number of thioether (sulfide) groups is 1. The van der Waals surface area contributed by atoms with E-state index in [-0.39, 0.29) is 18.6 Å². The largest absolute Gasteiger partial charge is 0.396 e. The maximum Gasteiger partial charge on any atom is 0.240 e. The van der Waals surface area contributed by atoms with E-state index in [9.17, 15) is 8.42 Å².